The first kappa shape index (κ1) is 16.0. The van der Waals surface area contributed by atoms with Crippen LogP contribution in [0.1, 0.15) is 28.5 Å². The van der Waals surface area contributed by atoms with Crippen molar-refractivity contribution in [2.45, 2.75) is 20.3 Å². The molecule has 24 heavy (non-hydrogen) atoms. The summed E-state index contributed by atoms with van der Waals surface area (Å²) in [7, 11) is 1.59. The maximum Gasteiger partial charge on any atom is 0.257 e. The molecule has 1 N–H and O–H groups in total. The summed E-state index contributed by atoms with van der Waals surface area (Å²) in [5.41, 5.74) is 3.96. The van der Waals surface area contributed by atoms with Crippen molar-refractivity contribution in [2.75, 3.05) is 12.4 Å². The number of amides is 1. The Kier molecular flexibility index (Phi) is 4.47. The van der Waals surface area contributed by atoms with E-state index in [0.717, 1.165) is 22.2 Å². The third-order valence-electron chi connectivity index (χ3n) is 4.14. The van der Waals surface area contributed by atoms with Crippen LogP contribution in [0, 0.1) is 6.92 Å². The zero-order valence-corrected chi connectivity index (χ0v) is 14.1. The number of nitrogens with one attached hydrogen (secondary N) is 1. The summed E-state index contributed by atoms with van der Waals surface area (Å²) in [5.74, 6) is 0.474. The summed E-state index contributed by atoms with van der Waals surface area (Å²) in [6, 6.07) is 15.3. The highest BCUT2D eigenvalue weighted by atomic mass is 16.5. The Morgan fingerprint density at radius 2 is 1.83 bits per heavy atom. The number of pyridine rings is 1. The first-order valence-electron chi connectivity index (χ1n) is 7.98. The molecule has 3 rings (SSSR count). The number of anilines is 1. The molecule has 2 aromatic carbocycles. The summed E-state index contributed by atoms with van der Waals surface area (Å²) >= 11 is 0. The molecule has 0 aliphatic rings. The van der Waals surface area contributed by atoms with Crippen LogP contribution >= 0.6 is 0 Å². The zero-order chi connectivity index (χ0) is 17.1. The van der Waals surface area contributed by atoms with Crippen molar-refractivity contribution in [1.29, 1.82) is 0 Å². The van der Waals surface area contributed by atoms with Crippen molar-refractivity contribution in [3.05, 3.63) is 65.4 Å². The van der Waals surface area contributed by atoms with Crippen LogP contribution in [0.3, 0.4) is 0 Å². The number of para-hydroxylation sites is 3. The second-order valence-electron chi connectivity index (χ2n) is 5.58. The maximum absolute atomic E-state index is 12.9. The number of benzene rings is 2. The Hall–Kier alpha value is -2.88. The Balaban J connectivity index is 2.07. The summed E-state index contributed by atoms with van der Waals surface area (Å²) in [4.78, 5) is 17.6. The van der Waals surface area contributed by atoms with Gasteiger partial charge in [0.15, 0.2) is 0 Å². The first-order valence-corrected chi connectivity index (χ1v) is 7.98. The molecule has 1 aromatic heterocycles. The Morgan fingerprint density at radius 3 is 2.58 bits per heavy atom. The van der Waals surface area contributed by atoms with Gasteiger partial charge in [-0.3, -0.25) is 9.78 Å². The zero-order valence-electron chi connectivity index (χ0n) is 14.1. The molecule has 0 spiro atoms. The molecule has 0 bridgehead atoms. The van der Waals surface area contributed by atoms with Gasteiger partial charge in [-0.2, -0.15) is 0 Å². The highest BCUT2D eigenvalue weighted by Gasteiger charge is 2.18. The lowest BCUT2D eigenvalue weighted by Gasteiger charge is -2.15. The van der Waals surface area contributed by atoms with E-state index < -0.39 is 0 Å². The number of hydrogen-bond donors (Lipinski definition) is 1. The molecule has 0 saturated heterocycles. The molecule has 122 valence electrons. The standard InChI is InChI=1S/C20H20N2O2/c1-4-15-19(13(2)14-9-5-6-10-16(14)21-15)20(23)22-17-11-7-8-12-18(17)24-3/h5-12H,4H2,1-3H3,(H,22,23). The number of rotatable bonds is 4. The second kappa shape index (κ2) is 6.71. The predicted octanol–water partition coefficient (Wildman–Crippen LogP) is 4.37. The summed E-state index contributed by atoms with van der Waals surface area (Å²) < 4.78 is 5.31. The van der Waals surface area contributed by atoms with Crippen LogP contribution in [0.25, 0.3) is 10.9 Å². The highest BCUT2D eigenvalue weighted by Crippen LogP contribution is 2.27. The van der Waals surface area contributed by atoms with Crippen LogP contribution in [-0.4, -0.2) is 18.0 Å². The fraction of sp³-hybridized carbons (Fsp3) is 0.200. The van der Waals surface area contributed by atoms with E-state index in [4.69, 9.17) is 4.74 Å². The molecular formula is C20H20N2O2. The normalized spacial score (nSPS) is 10.6. The lowest BCUT2D eigenvalue weighted by molar-refractivity contribution is 0.102. The van der Waals surface area contributed by atoms with Gasteiger partial charge in [-0.25, -0.2) is 0 Å². The third-order valence-corrected chi connectivity index (χ3v) is 4.14. The van der Waals surface area contributed by atoms with Gasteiger partial charge in [0, 0.05) is 5.39 Å². The average Bonchev–Trinajstić information content (AvgIpc) is 2.61. The minimum atomic E-state index is -0.160. The van der Waals surface area contributed by atoms with Gasteiger partial charge in [0.05, 0.1) is 29.6 Å². The Bertz CT molecular complexity index is 903. The largest absolute Gasteiger partial charge is 0.495 e. The SMILES string of the molecule is CCc1nc2ccccc2c(C)c1C(=O)Nc1ccccc1OC. The fourth-order valence-corrected chi connectivity index (χ4v) is 2.93. The number of carbonyl (C=O) groups is 1. The number of hydrogen-bond acceptors (Lipinski definition) is 3. The number of carbonyl (C=O) groups excluding carboxylic acids is 1. The molecule has 3 aromatic rings. The van der Waals surface area contributed by atoms with E-state index in [1.54, 1.807) is 7.11 Å². The molecule has 0 aliphatic heterocycles. The van der Waals surface area contributed by atoms with Gasteiger partial charge in [-0.1, -0.05) is 37.3 Å². The molecule has 0 atom stereocenters. The van der Waals surface area contributed by atoms with Crippen LogP contribution < -0.4 is 10.1 Å². The van der Waals surface area contributed by atoms with Crippen molar-refractivity contribution >= 4 is 22.5 Å². The lowest BCUT2D eigenvalue weighted by Crippen LogP contribution is -2.17. The van der Waals surface area contributed by atoms with Crippen molar-refractivity contribution in [1.82, 2.24) is 4.98 Å². The van der Waals surface area contributed by atoms with E-state index in [0.29, 0.717) is 23.4 Å². The Labute approximate surface area is 141 Å². The molecular weight excluding hydrogens is 300 g/mol. The van der Waals surface area contributed by atoms with Crippen LogP contribution in [0.15, 0.2) is 48.5 Å². The first-order chi connectivity index (χ1) is 11.7. The van der Waals surface area contributed by atoms with Gasteiger partial charge in [-0.15, -0.1) is 0 Å². The van der Waals surface area contributed by atoms with Gasteiger partial charge in [0.1, 0.15) is 5.75 Å². The summed E-state index contributed by atoms with van der Waals surface area (Å²) in [5, 5.41) is 3.95. The Morgan fingerprint density at radius 1 is 1.12 bits per heavy atom. The van der Waals surface area contributed by atoms with Crippen molar-refractivity contribution in [3.8, 4) is 5.75 Å². The average molecular weight is 320 g/mol. The number of aryl methyl sites for hydroxylation is 2. The fourth-order valence-electron chi connectivity index (χ4n) is 2.93. The third kappa shape index (κ3) is 2.83. The van der Waals surface area contributed by atoms with Crippen molar-refractivity contribution in [3.63, 3.8) is 0 Å². The monoisotopic (exact) mass is 320 g/mol. The summed E-state index contributed by atoms with van der Waals surface area (Å²) in [6.07, 6.45) is 0.695. The van der Waals surface area contributed by atoms with E-state index in [1.807, 2.05) is 62.4 Å². The van der Waals surface area contributed by atoms with Crippen molar-refractivity contribution in [2.24, 2.45) is 0 Å². The molecule has 1 heterocycles. The molecule has 4 heteroatoms. The lowest BCUT2D eigenvalue weighted by atomic mass is 9.99. The van der Waals surface area contributed by atoms with Gasteiger partial charge >= 0.3 is 0 Å². The van der Waals surface area contributed by atoms with Crippen molar-refractivity contribution < 1.29 is 9.53 Å². The molecule has 0 unspecified atom stereocenters. The smallest absolute Gasteiger partial charge is 0.257 e. The van der Waals surface area contributed by atoms with E-state index in [1.165, 1.54) is 0 Å². The van der Waals surface area contributed by atoms with Crippen LogP contribution in [0.4, 0.5) is 5.69 Å². The molecule has 0 aliphatic carbocycles. The van der Waals surface area contributed by atoms with Gasteiger partial charge in [-0.05, 0) is 37.1 Å². The molecule has 0 radical (unpaired) electrons. The minimum absolute atomic E-state index is 0.160. The van der Waals surface area contributed by atoms with E-state index in [9.17, 15) is 4.79 Å². The topological polar surface area (TPSA) is 51.2 Å². The molecule has 1 amide bonds. The van der Waals surface area contributed by atoms with Crippen LogP contribution in [0.2, 0.25) is 0 Å². The quantitative estimate of drug-likeness (QED) is 0.777. The van der Waals surface area contributed by atoms with Gasteiger partial charge in [0.25, 0.3) is 5.91 Å². The number of ether oxygens (including phenoxy) is 1. The minimum Gasteiger partial charge on any atom is -0.495 e. The predicted molar refractivity (Wildman–Crippen MR) is 96.8 cm³/mol. The maximum atomic E-state index is 12.9. The van der Waals surface area contributed by atoms with E-state index >= 15 is 0 Å². The number of methoxy groups -OCH3 is 1. The van der Waals surface area contributed by atoms with Crippen LogP contribution in [-0.2, 0) is 6.42 Å². The molecule has 4 nitrogen and oxygen atoms in total. The van der Waals surface area contributed by atoms with Gasteiger partial charge < -0.3 is 10.1 Å². The van der Waals surface area contributed by atoms with Gasteiger partial charge in [0.2, 0.25) is 0 Å². The second-order valence-corrected chi connectivity index (χ2v) is 5.58. The summed E-state index contributed by atoms with van der Waals surface area (Å²) in [6.45, 7) is 3.98. The number of aromatic nitrogens is 1. The number of nitrogens with zero attached hydrogens (tertiary/aromatic N) is 1. The van der Waals surface area contributed by atoms with Crippen LogP contribution in [0.5, 0.6) is 5.75 Å². The number of fused-ring (bicyclic) bond motifs is 1. The van der Waals surface area contributed by atoms with E-state index in [2.05, 4.69) is 10.3 Å². The molecule has 0 saturated carbocycles. The molecule has 0 fully saturated rings. The highest BCUT2D eigenvalue weighted by molar-refractivity contribution is 6.09. The van der Waals surface area contributed by atoms with E-state index in [-0.39, 0.29) is 5.91 Å².